The topological polar surface area (TPSA) is 30.5 Å². The van der Waals surface area contributed by atoms with Gasteiger partial charge in [0.15, 0.2) is 0 Å². The lowest BCUT2D eigenvalue weighted by Crippen LogP contribution is -2.06. The zero-order valence-corrected chi connectivity index (χ0v) is 8.96. The van der Waals surface area contributed by atoms with Crippen LogP contribution in [0.3, 0.4) is 0 Å². The maximum Gasteiger partial charge on any atom is 0.124 e. The molecule has 0 bridgehead atoms. The minimum absolute atomic E-state index is 0.584. The van der Waals surface area contributed by atoms with Crippen LogP contribution in [-0.4, -0.2) is 21.3 Å². The molecule has 0 amide bonds. The first kappa shape index (κ1) is 11.0. The first-order valence-corrected chi connectivity index (χ1v) is 4.61. The highest BCUT2D eigenvalue weighted by molar-refractivity contribution is 5.36. The monoisotopic (exact) mass is 195 g/mol. The summed E-state index contributed by atoms with van der Waals surface area (Å²) in [6.07, 6.45) is 0. The number of benzene rings is 1. The molecule has 0 aliphatic rings. The SMILES string of the molecule is CNCc1ccc(OC)c(COC)c1. The molecule has 1 aromatic carbocycles. The summed E-state index contributed by atoms with van der Waals surface area (Å²) in [5, 5.41) is 3.11. The van der Waals surface area contributed by atoms with Gasteiger partial charge in [-0.05, 0) is 24.7 Å². The Morgan fingerprint density at radius 3 is 2.64 bits per heavy atom. The summed E-state index contributed by atoms with van der Waals surface area (Å²) in [6, 6.07) is 6.12. The second kappa shape index (κ2) is 5.62. The fourth-order valence-electron chi connectivity index (χ4n) is 1.41. The Bertz CT molecular complexity index is 287. The summed E-state index contributed by atoms with van der Waals surface area (Å²) in [7, 11) is 5.29. The van der Waals surface area contributed by atoms with Crippen molar-refractivity contribution in [2.24, 2.45) is 0 Å². The van der Waals surface area contributed by atoms with E-state index in [1.807, 2.05) is 13.1 Å². The average Bonchev–Trinajstić information content (AvgIpc) is 2.19. The van der Waals surface area contributed by atoms with Crippen LogP contribution in [0.5, 0.6) is 5.75 Å². The lowest BCUT2D eigenvalue weighted by atomic mass is 10.1. The molecule has 0 aliphatic carbocycles. The van der Waals surface area contributed by atoms with Gasteiger partial charge in [0.2, 0.25) is 0 Å². The van der Waals surface area contributed by atoms with Crippen LogP contribution in [0.4, 0.5) is 0 Å². The molecule has 0 saturated carbocycles. The number of hydrogen-bond acceptors (Lipinski definition) is 3. The van der Waals surface area contributed by atoms with E-state index >= 15 is 0 Å². The smallest absolute Gasteiger partial charge is 0.124 e. The summed E-state index contributed by atoms with van der Waals surface area (Å²) < 4.78 is 10.3. The Morgan fingerprint density at radius 2 is 2.07 bits per heavy atom. The van der Waals surface area contributed by atoms with Gasteiger partial charge in [0.05, 0.1) is 13.7 Å². The molecular formula is C11H17NO2. The third-order valence-electron chi connectivity index (χ3n) is 2.03. The molecule has 0 spiro atoms. The summed E-state index contributed by atoms with van der Waals surface area (Å²) in [6.45, 7) is 1.45. The number of hydrogen-bond donors (Lipinski definition) is 1. The van der Waals surface area contributed by atoms with Gasteiger partial charge in [-0.2, -0.15) is 0 Å². The highest BCUT2D eigenvalue weighted by Gasteiger charge is 2.03. The zero-order chi connectivity index (χ0) is 10.4. The lowest BCUT2D eigenvalue weighted by molar-refractivity contribution is 0.181. The first-order valence-electron chi connectivity index (χ1n) is 4.61. The van der Waals surface area contributed by atoms with Gasteiger partial charge in [0.25, 0.3) is 0 Å². The van der Waals surface area contributed by atoms with Crippen molar-refractivity contribution in [3.63, 3.8) is 0 Å². The number of ether oxygens (including phenoxy) is 2. The van der Waals surface area contributed by atoms with Crippen LogP contribution in [0.25, 0.3) is 0 Å². The van der Waals surface area contributed by atoms with Crippen LogP contribution in [0.1, 0.15) is 11.1 Å². The van der Waals surface area contributed by atoms with Crippen LogP contribution in [-0.2, 0) is 17.9 Å². The van der Waals surface area contributed by atoms with Gasteiger partial charge >= 0.3 is 0 Å². The van der Waals surface area contributed by atoms with Crippen molar-refractivity contribution in [2.45, 2.75) is 13.2 Å². The van der Waals surface area contributed by atoms with Gasteiger partial charge in [0, 0.05) is 19.2 Å². The maximum atomic E-state index is 5.23. The Kier molecular flexibility index (Phi) is 4.43. The van der Waals surface area contributed by atoms with E-state index in [4.69, 9.17) is 9.47 Å². The van der Waals surface area contributed by atoms with Crippen molar-refractivity contribution < 1.29 is 9.47 Å². The van der Waals surface area contributed by atoms with E-state index in [2.05, 4.69) is 17.4 Å². The van der Waals surface area contributed by atoms with Crippen molar-refractivity contribution in [3.8, 4) is 5.75 Å². The molecule has 1 N–H and O–H groups in total. The fraction of sp³-hybridized carbons (Fsp3) is 0.455. The molecular weight excluding hydrogens is 178 g/mol. The Labute approximate surface area is 85.0 Å². The molecule has 1 aromatic rings. The van der Waals surface area contributed by atoms with E-state index in [0.29, 0.717) is 6.61 Å². The lowest BCUT2D eigenvalue weighted by Gasteiger charge is -2.09. The molecule has 78 valence electrons. The molecule has 3 heteroatoms. The van der Waals surface area contributed by atoms with Crippen LogP contribution in [0.2, 0.25) is 0 Å². The minimum atomic E-state index is 0.584. The van der Waals surface area contributed by atoms with E-state index in [1.54, 1.807) is 14.2 Å². The van der Waals surface area contributed by atoms with Gasteiger partial charge in [-0.3, -0.25) is 0 Å². The second-order valence-corrected chi connectivity index (χ2v) is 3.11. The van der Waals surface area contributed by atoms with Gasteiger partial charge in [-0.15, -0.1) is 0 Å². The molecule has 0 saturated heterocycles. The molecule has 0 heterocycles. The van der Waals surface area contributed by atoms with Crippen LogP contribution >= 0.6 is 0 Å². The first-order chi connectivity index (χ1) is 6.81. The van der Waals surface area contributed by atoms with Crippen molar-refractivity contribution in [3.05, 3.63) is 29.3 Å². The third-order valence-corrected chi connectivity index (χ3v) is 2.03. The predicted molar refractivity (Wildman–Crippen MR) is 56.5 cm³/mol. The number of rotatable bonds is 5. The molecule has 3 nitrogen and oxygen atoms in total. The normalized spacial score (nSPS) is 10.2. The molecule has 14 heavy (non-hydrogen) atoms. The van der Waals surface area contributed by atoms with Gasteiger partial charge in [-0.1, -0.05) is 6.07 Å². The Hall–Kier alpha value is -1.06. The quantitative estimate of drug-likeness (QED) is 0.773. The van der Waals surface area contributed by atoms with Crippen molar-refractivity contribution >= 4 is 0 Å². The average molecular weight is 195 g/mol. The summed E-state index contributed by atoms with van der Waals surface area (Å²) in [5.74, 6) is 0.881. The largest absolute Gasteiger partial charge is 0.496 e. The van der Waals surface area contributed by atoms with Gasteiger partial charge < -0.3 is 14.8 Å². The third kappa shape index (κ3) is 2.72. The maximum absolute atomic E-state index is 5.23. The van der Waals surface area contributed by atoms with E-state index in [-0.39, 0.29) is 0 Å². The van der Waals surface area contributed by atoms with E-state index in [0.717, 1.165) is 17.9 Å². The number of methoxy groups -OCH3 is 2. The van der Waals surface area contributed by atoms with Crippen LogP contribution in [0, 0.1) is 0 Å². The minimum Gasteiger partial charge on any atom is -0.496 e. The Morgan fingerprint density at radius 1 is 1.29 bits per heavy atom. The molecule has 0 aromatic heterocycles. The van der Waals surface area contributed by atoms with Gasteiger partial charge in [-0.25, -0.2) is 0 Å². The van der Waals surface area contributed by atoms with Crippen LogP contribution in [0.15, 0.2) is 18.2 Å². The standard InChI is InChI=1S/C11H17NO2/c1-12-7-9-4-5-11(14-3)10(6-9)8-13-2/h4-6,12H,7-8H2,1-3H3. The summed E-state index contributed by atoms with van der Waals surface area (Å²) in [4.78, 5) is 0. The van der Waals surface area contributed by atoms with E-state index < -0.39 is 0 Å². The zero-order valence-electron chi connectivity index (χ0n) is 8.96. The second-order valence-electron chi connectivity index (χ2n) is 3.11. The van der Waals surface area contributed by atoms with Crippen molar-refractivity contribution in [1.82, 2.24) is 5.32 Å². The Balaban J connectivity index is 2.88. The molecule has 0 unspecified atom stereocenters. The molecule has 0 radical (unpaired) electrons. The summed E-state index contributed by atoms with van der Waals surface area (Å²) in [5.41, 5.74) is 2.32. The molecule has 0 fully saturated rings. The van der Waals surface area contributed by atoms with Crippen LogP contribution < -0.4 is 10.1 Å². The number of nitrogens with one attached hydrogen (secondary N) is 1. The summed E-state index contributed by atoms with van der Waals surface area (Å²) >= 11 is 0. The van der Waals surface area contributed by atoms with Gasteiger partial charge in [0.1, 0.15) is 5.75 Å². The highest BCUT2D eigenvalue weighted by atomic mass is 16.5. The van der Waals surface area contributed by atoms with Crippen molar-refractivity contribution in [2.75, 3.05) is 21.3 Å². The van der Waals surface area contributed by atoms with E-state index in [1.165, 1.54) is 5.56 Å². The van der Waals surface area contributed by atoms with E-state index in [9.17, 15) is 0 Å². The molecule has 1 rings (SSSR count). The molecule has 0 atom stereocenters. The molecule has 0 aliphatic heterocycles. The predicted octanol–water partition coefficient (Wildman–Crippen LogP) is 1.56. The highest BCUT2D eigenvalue weighted by Crippen LogP contribution is 2.20. The van der Waals surface area contributed by atoms with Crippen molar-refractivity contribution in [1.29, 1.82) is 0 Å². The fourth-order valence-corrected chi connectivity index (χ4v) is 1.41.